The molecule has 8 nitrogen and oxygen atoms in total. The largest absolute Gasteiger partial charge is 0.309 e. The molecule has 1 amide bonds. The van der Waals surface area contributed by atoms with E-state index in [1.807, 2.05) is 5.43 Å². The van der Waals surface area contributed by atoms with Crippen LogP contribution in [0.2, 0.25) is 0 Å². The summed E-state index contributed by atoms with van der Waals surface area (Å²) in [5.41, 5.74) is 1.65. The van der Waals surface area contributed by atoms with Gasteiger partial charge in [0.25, 0.3) is 11.2 Å². The van der Waals surface area contributed by atoms with E-state index >= 15 is 0 Å². The minimum atomic E-state index is -0.540. The second kappa shape index (κ2) is 7.27. The lowest BCUT2D eigenvalue weighted by molar-refractivity contribution is -0.385. The molecule has 0 saturated carbocycles. The van der Waals surface area contributed by atoms with Gasteiger partial charge in [-0.1, -0.05) is 6.42 Å². The van der Waals surface area contributed by atoms with Crippen molar-refractivity contribution in [3.8, 4) is 0 Å². The molecule has 0 atom stereocenters. The van der Waals surface area contributed by atoms with E-state index in [2.05, 4.69) is 0 Å². The second-order valence-electron chi connectivity index (χ2n) is 4.05. The number of amides is 1. The van der Waals surface area contributed by atoms with E-state index in [1.165, 1.54) is 22.9 Å². The lowest BCUT2D eigenvalue weighted by Crippen LogP contribution is -2.29. The molecule has 1 heterocycles. The van der Waals surface area contributed by atoms with Crippen molar-refractivity contribution in [1.82, 2.24) is 9.99 Å². The normalized spacial score (nSPS) is 10.2. The fourth-order valence-corrected chi connectivity index (χ4v) is 1.62. The number of rotatable bonds is 7. The Balaban J connectivity index is 2.45. The number of unbranched alkanes of at least 4 members (excludes halogenated alkanes) is 2. The van der Waals surface area contributed by atoms with E-state index in [0.29, 0.717) is 25.8 Å². The van der Waals surface area contributed by atoms with Crippen LogP contribution < -0.4 is 16.8 Å². The lowest BCUT2D eigenvalue weighted by Gasteiger charge is -2.05. The van der Waals surface area contributed by atoms with Crippen LogP contribution in [0.15, 0.2) is 23.1 Å². The number of pyridine rings is 1. The highest BCUT2D eigenvalue weighted by molar-refractivity contribution is 5.74. The molecule has 0 bridgehead atoms. The summed E-state index contributed by atoms with van der Waals surface area (Å²) >= 11 is 0. The highest BCUT2D eigenvalue weighted by Crippen LogP contribution is 2.08. The van der Waals surface area contributed by atoms with E-state index in [4.69, 9.17) is 5.84 Å². The first-order valence-corrected chi connectivity index (χ1v) is 5.89. The maximum atomic E-state index is 11.5. The summed E-state index contributed by atoms with van der Waals surface area (Å²) in [6.45, 7) is 0.394. The molecule has 0 radical (unpaired) electrons. The van der Waals surface area contributed by atoms with Crippen LogP contribution in [0.4, 0.5) is 5.69 Å². The van der Waals surface area contributed by atoms with E-state index in [-0.39, 0.29) is 17.2 Å². The van der Waals surface area contributed by atoms with E-state index in [9.17, 15) is 19.7 Å². The average molecular weight is 268 g/mol. The zero-order valence-corrected chi connectivity index (χ0v) is 10.4. The maximum absolute atomic E-state index is 11.5. The SMILES string of the molecule is NNC(=O)CCCCCn1cc([N+](=O)[O-])ccc1=O. The van der Waals surface area contributed by atoms with Crippen LogP contribution in [0.25, 0.3) is 0 Å². The maximum Gasteiger partial charge on any atom is 0.285 e. The molecule has 0 unspecified atom stereocenters. The number of nitrogens with two attached hydrogens (primary N) is 1. The number of hydrazine groups is 1. The molecule has 1 rings (SSSR count). The van der Waals surface area contributed by atoms with Gasteiger partial charge in [0.2, 0.25) is 5.91 Å². The number of aromatic nitrogens is 1. The molecule has 0 spiro atoms. The molecule has 1 aromatic heterocycles. The molecule has 3 N–H and O–H groups in total. The number of hydrogen-bond acceptors (Lipinski definition) is 5. The Labute approximate surface area is 109 Å². The average Bonchev–Trinajstić information content (AvgIpc) is 2.39. The van der Waals surface area contributed by atoms with Crippen LogP contribution in [0.3, 0.4) is 0 Å². The number of carbonyl (C=O) groups excluding carboxylic acids is 1. The first kappa shape index (κ1) is 14.8. The van der Waals surface area contributed by atoms with Crippen molar-refractivity contribution in [3.05, 3.63) is 38.8 Å². The van der Waals surface area contributed by atoms with Crippen molar-refractivity contribution in [1.29, 1.82) is 0 Å². The number of nitrogens with one attached hydrogen (secondary N) is 1. The van der Waals surface area contributed by atoms with Gasteiger partial charge < -0.3 is 4.57 Å². The highest BCUT2D eigenvalue weighted by atomic mass is 16.6. The summed E-state index contributed by atoms with van der Waals surface area (Å²) < 4.78 is 1.31. The molecular weight excluding hydrogens is 252 g/mol. The Kier molecular flexibility index (Phi) is 5.68. The van der Waals surface area contributed by atoms with Gasteiger partial charge in [-0.2, -0.15) is 0 Å². The molecule has 0 fully saturated rings. The van der Waals surface area contributed by atoms with Gasteiger partial charge >= 0.3 is 0 Å². The molecule has 0 aliphatic heterocycles. The van der Waals surface area contributed by atoms with Crippen LogP contribution in [-0.2, 0) is 11.3 Å². The van der Waals surface area contributed by atoms with Crippen LogP contribution in [0, 0.1) is 10.1 Å². The molecule has 104 valence electrons. The van der Waals surface area contributed by atoms with Gasteiger partial charge in [-0.25, -0.2) is 5.84 Å². The minimum absolute atomic E-state index is 0.109. The number of hydrogen-bond donors (Lipinski definition) is 2. The van der Waals surface area contributed by atoms with Gasteiger partial charge in [0, 0.05) is 25.1 Å². The van der Waals surface area contributed by atoms with Crippen molar-refractivity contribution in [2.24, 2.45) is 5.84 Å². The minimum Gasteiger partial charge on any atom is -0.309 e. The van der Waals surface area contributed by atoms with Crippen molar-refractivity contribution < 1.29 is 9.72 Å². The van der Waals surface area contributed by atoms with E-state index in [0.717, 1.165) is 6.42 Å². The standard InChI is InChI=1S/C11H16N4O4/c12-13-10(16)4-2-1-3-7-14-8-9(15(18)19)5-6-11(14)17/h5-6,8H,1-4,7,12H2,(H,13,16). The third-order valence-corrected chi connectivity index (χ3v) is 2.64. The summed E-state index contributed by atoms with van der Waals surface area (Å²) in [6, 6.07) is 2.37. The van der Waals surface area contributed by atoms with Crippen molar-refractivity contribution in [2.45, 2.75) is 32.2 Å². The van der Waals surface area contributed by atoms with Crippen molar-refractivity contribution in [2.75, 3.05) is 0 Å². The summed E-state index contributed by atoms with van der Waals surface area (Å²) in [4.78, 5) is 32.4. The van der Waals surface area contributed by atoms with Crippen LogP contribution in [0.5, 0.6) is 0 Å². The fraction of sp³-hybridized carbons (Fsp3) is 0.455. The van der Waals surface area contributed by atoms with Crippen LogP contribution in [-0.4, -0.2) is 15.4 Å². The molecule has 0 saturated heterocycles. The molecule has 0 aromatic carbocycles. The predicted molar refractivity (Wildman–Crippen MR) is 68.2 cm³/mol. The fourth-order valence-electron chi connectivity index (χ4n) is 1.62. The lowest BCUT2D eigenvalue weighted by atomic mass is 10.2. The summed E-state index contributed by atoms with van der Waals surface area (Å²) in [5.74, 6) is 4.70. The Morgan fingerprint density at radius 1 is 1.37 bits per heavy atom. The Morgan fingerprint density at radius 2 is 2.11 bits per heavy atom. The van der Waals surface area contributed by atoms with Gasteiger partial charge in [0.05, 0.1) is 11.1 Å². The Hall–Kier alpha value is -2.22. The first-order valence-electron chi connectivity index (χ1n) is 5.89. The highest BCUT2D eigenvalue weighted by Gasteiger charge is 2.07. The molecule has 8 heteroatoms. The third kappa shape index (κ3) is 4.88. The molecular formula is C11H16N4O4. The van der Waals surface area contributed by atoms with Gasteiger partial charge in [-0.15, -0.1) is 0 Å². The summed E-state index contributed by atoms with van der Waals surface area (Å²) in [7, 11) is 0. The number of nitrogens with zero attached hydrogens (tertiary/aromatic N) is 2. The monoisotopic (exact) mass is 268 g/mol. The molecule has 1 aromatic rings. The van der Waals surface area contributed by atoms with Crippen LogP contribution >= 0.6 is 0 Å². The third-order valence-electron chi connectivity index (χ3n) is 2.64. The zero-order valence-electron chi connectivity index (χ0n) is 10.4. The number of aryl methyl sites for hydroxylation is 1. The van der Waals surface area contributed by atoms with Crippen LogP contribution in [0.1, 0.15) is 25.7 Å². The Morgan fingerprint density at radius 3 is 2.74 bits per heavy atom. The van der Waals surface area contributed by atoms with Gasteiger partial charge in [-0.3, -0.25) is 25.1 Å². The topological polar surface area (TPSA) is 120 Å². The number of nitro groups is 1. The number of carbonyl (C=O) groups is 1. The summed E-state index contributed by atoms with van der Waals surface area (Å²) in [5, 5.41) is 10.6. The van der Waals surface area contributed by atoms with Gasteiger partial charge in [0.1, 0.15) is 0 Å². The summed E-state index contributed by atoms with van der Waals surface area (Å²) in [6.07, 6.45) is 3.63. The molecule has 0 aliphatic carbocycles. The Bertz CT molecular complexity index is 512. The smallest absolute Gasteiger partial charge is 0.285 e. The molecule has 19 heavy (non-hydrogen) atoms. The first-order chi connectivity index (χ1) is 9.04. The zero-order chi connectivity index (χ0) is 14.3. The van der Waals surface area contributed by atoms with Gasteiger partial charge in [-0.05, 0) is 12.8 Å². The van der Waals surface area contributed by atoms with Gasteiger partial charge in [0.15, 0.2) is 0 Å². The van der Waals surface area contributed by atoms with Crippen molar-refractivity contribution >= 4 is 11.6 Å². The predicted octanol–water partition coefficient (Wildman–Crippen LogP) is 0.307. The quantitative estimate of drug-likeness (QED) is 0.242. The second-order valence-corrected chi connectivity index (χ2v) is 4.05. The van der Waals surface area contributed by atoms with E-state index < -0.39 is 4.92 Å². The van der Waals surface area contributed by atoms with E-state index in [1.54, 1.807) is 0 Å². The van der Waals surface area contributed by atoms with Crippen molar-refractivity contribution in [3.63, 3.8) is 0 Å². The molecule has 0 aliphatic rings.